The van der Waals surface area contributed by atoms with Crippen LogP contribution in [-0.4, -0.2) is 0 Å². The van der Waals surface area contributed by atoms with Gasteiger partial charge in [0, 0.05) is 0 Å². The van der Waals surface area contributed by atoms with Crippen LogP contribution in [0.3, 0.4) is 0 Å². The molecule has 2 aliphatic carbocycles. The molecule has 0 saturated heterocycles. The molecule has 0 spiro atoms. The van der Waals surface area contributed by atoms with E-state index in [9.17, 15) is 0 Å². The van der Waals surface area contributed by atoms with Crippen molar-refractivity contribution >= 4 is 0 Å². The molecule has 0 nitrogen and oxygen atoms in total. The molecule has 1 fully saturated rings. The van der Waals surface area contributed by atoms with E-state index in [0.717, 1.165) is 0 Å². The zero-order chi connectivity index (χ0) is 7.41. The minimum Gasteiger partial charge on any atom is -0.0879 e. The van der Waals surface area contributed by atoms with Crippen LogP contribution in [0.15, 0.2) is 12.2 Å². The van der Waals surface area contributed by atoms with Crippen molar-refractivity contribution in [2.75, 3.05) is 0 Å². The van der Waals surface area contributed by atoms with Gasteiger partial charge in [0.2, 0.25) is 0 Å². The van der Waals surface area contributed by atoms with Crippen molar-refractivity contribution in [2.45, 2.75) is 26.7 Å². The lowest BCUT2D eigenvalue weighted by Crippen LogP contribution is -2.08. The van der Waals surface area contributed by atoms with Gasteiger partial charge in [-0.2, -0.15) is 0 Å². The maximum atomic E-state index is 4.20. The van der Waals surface area contributed by atoms with Crippen LogP contribution < -0.4 is 0 Å². The predicted molar refractivity (Wildman–Crippen MR) is 43.4 cm³/mol. The second-order valence-electron chi connectivity index (χ2n) is 4.27. The van der Waals surface area contributed by atoms with Crippen LogP contribution in [0.2, 0.25) is 0 Å². The van der Waals surface area contributed by atoms with Gasteiger partial charge in [0.25, 0.3) is 0 Å². The third kappa shape index (κ3) is 0.457. The Hall–Kier alpha value is -0.260. The largest absolute Gasteiger partial charge is 0.0879 e. The van der Waals surface area contributed by atoms with Gasteiger partial charge >= 0.3 is 0 Å². The summed E-state index contributed by atoms with van der Waals surface area (Å²) < 4.78 is 0. The van der Waals surface area contributed by atoms with Crippen LogP contribution in [0.1, 0.15) is 26.7 Å². The van der Waals surface area contributed by atoms with Gasteiger partial charge in [0.15, 0.2) is 0 Å². The summed E-state index contributed by atoms with van der Waals surface area (Å²) in [5, 5.41) is 0. The van der Waals surface area contributed by atoms with Gasteiger partial charge in [-0.15, -0.1) is 0 Å². The van der Waals surface area contributed by atoms with Crippen molar-refractivity contribution in [3.05, 3.63) is 19.1 Å². The quantitative estimate of drug-likeness (QED) is 0.448. The molecule has 0 aromatic carbocycles. The van der Waals surface area contributed by atoms with Crippen molar-refractivity contribution in [1.82, 2.24) is 0 Å². The van der Waals surface area contributed by atoms with E-state index in [2.05, 4.69) is 32.9 Å². The average molecular weight is 135 g/mol. The lowest BCUT2D eigenvalue weighted by Gasteiger charge is -2.18. The molecule has 0 aliphatic heterocycles. The highest BCUT2D eigenvalue weighted by Crippen LogP contribution is 2.73. The fourth-order valence-electron chi connectivity index (χ4n) is 2.48. The molecular weight excluding hydrogens is 120 g/mol. The molecule has 0 aromatic rings. The van der Waals surface area contributed by atoms with E-state index in [1.54, 1.807) is 0 Å². The molecule has 0 aromatic heterocycles. The summed E-state index contributed by atoms with van der Waals surface area (Å²) in [6, 6.07) is 0. The third-order valence-electron chi connectivity index (χ3n) is 4.01. The number of allylic oxidation sites excluding steroid dienone is 2. The van der Waals surface area contributed by atoms with Crippen molar-refractivity contribution < 1.29 is 0 Å². The Morgan fingerprint density at radius 3 is 1.90 bits per heavy atom. The smallest absolute Gasteiger partial charge is 0.0198 e. The van der Waals surface area contributed by atoms with Crippen LogP contribution in [0.4, 0.5) is 0 Å². The van der Waals surface area contributed by atoms with Crippen LogP contribution in [0.5, 0.6) is 0 Å². The minimum absolute atomic E-state index is 0.543. The molecule has 0 bridgehead atoms. The summed E-state index contributed by atoms with van der Waals surface area (Å²) in [5.74, 6) is 0.690. The van der Waals surface area contributed by atoms with E-state index in [-0.39, 0.29) is 0 Å². The van der Waals surface area contributed by atoms with Gasteiger partial charge in [0.1, 0.15) is 0 Å². The normalized spacial score (nSPS) is 58.1. The summed E-state index contributed by atoms with van der Waals surface area (Å²) in [7, 11) is 0. The van der Waals surface area contributed by atoms with Gasteiger partial charge in [-0.25, -0.2) is 0 Å². The minimum atomic E-state index is 0.543. The number of hydrogen-bond acceptors (Lipinski definition) is 0. The van der Waals surface area contributed by atoms with Crippen molar-refractivity contribution in [3.8, 4) is 0 Å². The molecular formula is C10H15. The van der Waals surface area contributed by atoms with Crippen LogP contribution in [0, 0.1) is 23.7 Å². The molecule has 1 radical (unpaired) electrons. The Labute approximate surface area is 63.3 Å². The average Bonchev–Trinajstić information content (AvgIpc) is 2.35. The predicted octanol–water partition coefficient (Wildman–Crippen LogP) is 2.81. The highest BCUT2D eigenvalue weighted by atomic mass is 14.7. The summed E-state index contributed by atoms with van der Waals surface area (Å²) in [5.41, 5.74) is 1.09. The molecule has 0 amide bonds. The first kappa shape index (κ1) is 6.45. The molecule has 1 saturated carbocycles. The summed E-state index contributed by atoms with van der Waals surface area (Å²) in [6.45, 7) is 8.94. The summed E-state index contributed by atoms with van der Waals surface area (Å²) in [4.78, 5) is 0. The second kappa shape index (κ2) is 1.49. The standard InChI is InChI=1S/C10H15/c1-8-9(2)6-4-5-7-10(8,9)3/h4-5,8H,1,6-7H2,2-3H3/t8?,9-,10+. The molecule has 10 heavy (non-hydrogen) atoms. The van der Waals surface area contributed by atoms with Crippen LogP contribution in [0.25, 0.3) is 0 Å². The zero-order valence-corrected chi connectivity index (χ0v) is 6.85. The SMILES string of the molecule is [CH2]C1[C@]2(C)CC=CC[C@]12C. The highest BCUT2D eigenvalue weighted by molar-refractivity contribution is 5.24. The van der Waals surface area contributed by atoms with Crippen molar-refractivity contribution in [2.24, 2.45) is 16.7 Å². The number of fused-ring (bicyclic) bond motifs is 1. The second-order valence-corrected chi connectivity index (χ2v) is 4.27. The van der Waals surface area contributed by atoms with E-state index in [1.807, 2.05) is 0 Å². The van der Waals surface area contributed by atoms with Crippen LogP contribution >= 0.6 is 0 Å². The van der Waals surface area contributed by atoms with E-state index >= 15 is 0 Å². The molecule has 2 rings (SSSR count). The fraction of sp³-hybridized carbons (Fsp3) is 0.700. The molecule has 3 atom stereocenters. The first-order chi connectivity index (χ1) is 4.61. The molecule has 55 valence electrons. The van der Waals surface area contributed by atoms with Crippen molar-refractivity contribution in [1.29, 1.82) is 0 Å². The first-order valence-electron chi connectivity index (χ1n) is 4.09. The lowest BCUT2D eigenvalue weighted by atomic mass is 9.86. The van der Waals surface area contributed by atoms with Crippen LogP contribution in [-0.2, 0) is 0 Å². The fourth-order valence-corrected chi connectivity index (χ4v) is 2.48. The molecule has 0 heterocycles. The maximum absolute atomic E-state index is 4.20. The maximum Gasteiger partial charge on any atom is -0.0198 e. The Morgan fingerprint density at radius 2 is 1.60 bits per heavy atom. The Balaban J connectivity index is 2.31. The van der Waals surface area contributed by atoms with Gasteiger partial charge in [-0.1, -0.05) is 26.0 Å². The Kier molecular flexibility index (Phi) is 0.962. The van der Waals surface area contributed by atoms with Crippen molar-refractivity contribution in [3.63, 3.8) is 0 Å². The van der Waals surface area contributed by atoms with Gasteiger partial charge < -0.3 is 0 Å². The van der Waals surface area contributed by atoms with Gasteiger partial charge in [-0.05, 0) is 36.5 Å². The highest BCUT2D eigenvalue weighted by Gasteiger charge is 2.67. The van der Waals surface area contributed by atoms with E-state index in [0.29, 0.717) is 16.7 Å². The van der Waals surface area contributed by atoms with E-state index < -0.39 is 0 Å². The Morgan fingerprint density at radius 1 is 1.20 bits per heavy atom. The zero-order valence-electron chi connectivity index (χ0n) is 6.85. The topological polar surface area (TPSA) is 0 Å². The number of hydrogen-bond donors (Lipinski definition) is 0. The van der Waals surface area contributed by atoms with Gasteiger partial charge in [-0.3, -0.25) is 0 Å². The van der Waals surface area contributed by atoms with E-state index in [1.165, 1.54) is 12.8 Å². The molecule has 1 unspecified atom stereocenters. The molecule has 2 aliphatic rings. The third-order valence-corrected chi connectivity index (χ3v) is 4.01. The summed E-state index contributed by atoms with van der Waals surface area (Å²) in [6.07, 6.45) is 7.12. The Bertz CT molecular complexity index is 172. The summed E-state index contributed by atoms with van der Waals surface area (Å²) >= 11 is 0. The van der Waals surface area contributed by atoms with E-state index in [4.69, 9.17) is 0 Å². The lowest BCUT2D eigenvalue weighted by molar-refractivity contribution is 0.380. The molecule has 0 heteroatoms. The molecule has 0 N–H and O–H groups in total. The monoisotopic (exact) mass is 135 g/mol. The van der Waals surface area contributed by atoms with Gasteiger partial charge in [0.05, 0.1) is 0 Å². The first-order valence-corrected chi connectivity index (χ1v) is 4.09. The number of rotatable bonds is 0.